The summed E-state index contributed by atoms with van der Waals surface area (Å²) in [5.74, 6) is -0.213. The molecular weight excluding hydrogens is 324 g/mol. The fraction of sp³-hybridized carbons (Fsp3) is 0.312. The van der Waals surface area contributed by atoms with Crippen molar-refractivity contribution >= 4 is 17.8 Å². The van der Waals surface area contributed by atoms with Gasteiger partial charge in [0.1, 0.15) is 12.4 Å². The number of hydrogen-bond donors (Lipinski definition) is 3. The number of carbonyl (C=O) groups excluding carboxylic acids is 3. The first-order chi connectivity index (χ1) is 12.1. The average molecular weight is 342 g/mol. The lowest BCUT2D eigenvalue weighted by Gasteiger charge is -2.09. The zero-order valence-corrected chi connectivity index (χ0v) is 13.4. The highest BCUT2D eigenvalue weighted by atomic mass is 16.2. The zero-order chi connectivity index (χ0) is 17.6. The van der Waals surface area contributed by atoms with Crippen LogP contribution in [0.5, 0.6) is 0 Å². The van der Waals surface area contributed by atoms with Crippen LogP contribution < -0.4 is 16.0 Å². The number of imide groups is 1. The van der Waals surface area contributed by atoms with Gasteiger partial charge in [0.05, 0.1) is 13.0 Å². The van der Waals surface area contributed by atoms with Crippen LogP contribution in [0, 0.1) is 0 Å². The number of nitrogens with zero attached hydrogens (tertiary/aromatic N) is 3. The van der Waals surface area contributed by atoms with Crippen LogP contribution in [-0.2, 0) is 29.1 Å². The third-order valence-electron chi connectivity index (χ3n) is 3.87. The predicted octanol–water partition coefficient (Wildman–Crippen LogP) is -0.265. The van der Waals surface area contributed by atoms with Crippen LogP contribution in [0.1, 0.15) is 17.8 Å². The number of aromatic nitrogens is 3. The zero-order valence-electron chi connectivity index (χ0n) is 13.4. The van der Waals surface area contributed by atoms with E-state index in [9.17, 15) is 14.4 Å². The molecule has 0 aliphatic carbocycles. The van der Waals surface area contributed by atoms with Crippen molar-refractivity contribution in [2.24, 2.45) is 0 Å². The first-order valence-electron chi connectivity index (χ1n) is 7.90. The molecule has 9 nitrogen and oxygen atoms in total. The lowest BCUT2D eigenvalue weighted by molar-refractivity contribution is -0.126. The molecule has 3 N–H and O–H groups in total. The van der Waals surface area contributed by atoms with E-state index in [1.165, 1.54) is 5.56 Å². The number of aryl methyl sites for hydroxylation is 2. The highest BCUT2D eigenvalue weighted by molar-refractivity contribution is 6.05. The van der Waals surface area contributed by atoms with Crippen LogP contribution in [0.25, 0.3) is 0 Å². The molecule has 2 heterocycles. The Balaban J connectivity index is 1.48. The summed E-state index contributed by atoms with van der Waals surface area (Å²) in [7, 11) is 0. The Kier molecular flexibility index (Phi) is 5.03. The summed E-state index contributed by atoms with van der Waals surface area (Å²) in [6.07, 6.45) is 2.33. The molecule has 0 spiro atoms. The lowest BCUT2D eigenvalue weighted by atomic mass is 10.1. The van der Waals surface area contributed by atoms with Crippen molar-refractivity contribution in [2.45, 2.75) is 32.0 Å². The molecule has 1 atom stereocenters. The summed E-state index contributed by atoms with van der Waals surface area (Å²) in [5, 5.41) is 15.1. The van der Waals surface area contributed by atoms with Gasteiger partial charge < -0.3 is 15.2 Å². The minimum absolute atomic E-state index is 0.115. The number of rotatable bonds is 7. The van der Waals surface area contributed by atoms with Gasteiger partial charge >= 0.3 is 6.03 Å². The maximum absolute atomic E-state index is 11.9. The molecule has 1 aromatic heterocycles. The molecular formula is C16H18N6O3. The van der Waals surface area contributed by atoms with Gasteiger partial charge in [0.2, 0.25) is 5.91 Å². The Morgan fingerprint density at radius 1 is 1.24 bits per heavy atom. The van der Waals surface area contributed by atoms with Gasteiger partial charge in [-0.2, -0.15) is 0 Å². The number of carbonyl (C=O) groups is 3. The summed E-state index contributed by atoms with van der Waals surface area (Å²) >= 11 is 0. The van der Waals surface area contributed by atoms with Crippen molar-refractivity contribution in [3.8, 4) is 0 Å². The van der Waals surface area contributed by atoms with Gasteiger partial charge in [-0.25, -0.2) is 4.79 Å². The topological polar surface area (TPSA) is 118 Å². The Morgan fingerprint density at radius 2 is 2.04 bits per heavy atom. The molecule has 1 aliphatic rings. The fourth-order valence-corrected chi connectivity index (χ4v) is 2.53. The molecule has 2 aromatic rings. The molecule has 0 saturated carbocycles. The molecule has 0 unspecified atom stereocenters. The molecule has 1 fully saturated rings. The molecule has 1 saturated heterocycles. The van der Waals surface area contributed by atoms with E-state index in [2.05, 4.69) is 26.1 Å². The van der Waals surface area contributed by atoms with Gasteiger partial charge in [0.15, 0.2) is 5.82 Å². The number of hydrogen-bond acceptors (Lipinski definition) is 5. The SMILES string of the molecule is O=C(C[C@@H]1NC(=O)NC1=O)NCc1nncn1CCc1ccccc1. The third-order valence-corrected chi connectivity index (χ3v) is 3.87. The highest BCUT2D eigenvalue weighted by Crippen LogP contribution is 2.04. The highest BCUT2D eigenvalue weighted by Gasteiger charge is 2.31. The first kappa shape index (κ1) is 16.6. The first-order valence-corrected chi connectivity index (χ1v) is 7.90. The summed E-state index contributed by atoms with van der Waals surface area (Å²) in [4.78, 5) is 34.4. The molecule has 4 amide bonds. The maximum atomic E-state index is 11.9. The van der Waals surface area contributed by atoms with E-state index in [1.807, 2.05) is 34.9 Å². The van der Waals surface area contributed by atoms with Gasteiger partial charge in [-0.05, 0) is 12.0 Å². The number of benzene rings is 1. The molecule has 3 rings (SSSR count). The van der Waals surface area contributed by atoms with Crippen LogP contribution in [0.2, 0.25) is 0 Å². The Bertz CT molecular complexity index is 773. The lowest BCUT2D eigenvalue weighted by Crippen LogP contribution is -2.36. The minimum Gasteiger partial charge on any atom is -0.349 e. The quantitative estimate of drug-likeness (QED) is 0.599. The van der Waals surface area contributed by atoms with Gasteiger partial charge in [-0.15, -0.1) is 10.2 Å². The van der Waals surface area contributed by atoms with Crippen LogP contribution >= 0.6 is 0 Å². The van der Waals surface area contributed by atoms with Crippen LogP contribution in [0.3, 0.4) is 0 Å². The van der Waals surface area contributed by atoms with E-state index in [1.54, 1.807) is 6.33 Å². The monoisotopic (exact) mass is 342 g/mol. The summed E-state index contributed by atoms with van der Waals surface area (Å²) in [5.41, 5.74) is 1.20. The van der Waals surface area contributed by atoms with Crippen molar-refractivity contribution in [2.75, 3.05) is 0 Å². The smallest absolute Gasteiger partial charge is 0.322 e. The summed E-state index contributed by atoms with van der Waals surface area (Å²) in [6, 6.07) is 8.63. The molecule has 9 heteroatoms. The van der Waals surface area contributed by atoms with E-state index in [4.69, 9.17) is 0 Å². The number of amides is 4. The second-order valence-electron chi connectivity index (χ2n) is 5.67. The molecule has 1 aromatic carbocycles. The van der Waals surface area contributed by atoms with Crippen LogP contribution in [0.15, 0.2) is 36.7 Å². The number of urea groups is 1. The molecule has 0 radical (unpaired) electrons. The van der Waals surface area contributed by atoms with E-state index >= 15 is 0 Å². The Morgan fingerprint density at radius 3 is 2.76 bits per heavy atom. The summed E-state index contributed by atoms with van der Waals surface area (Å²) in [6.45, 7) is 0.902. The van der Waals surface area contributed by atoms with Gasteiger partial charge in [0, 0.05) is 6.54 Å². The van der Waals surface area contributed by atoms with E-state index in [0.29, 0.717) is 12.4 Å². The molecule has 1 aliphatic heterocycles. The summed E-state index contributed by atoms with van der Waals surface area (Å²) < 4.78 is 1.87. The average Bonchev–Trinajstić information content (AvgIpc) is 3.18. The van der Waals surface area contributed by atoms with E-state index in [0.717, 1.165) is 6.42 Å². The van der Waals surface area contributed by atoms with Crippen LogP contribution in [0.4, 0.5) is 4.79 Å². The molecule has 25 heavy (non-hydrogen) atoms. The fourth-order valence-electron chi connectivity index (χ4n) is 2.53. The second-order valence-corrected chi connectivity index (χ2v) is 5.67. The second kappa shape index (κ2) is 7.56. The van der Waals surface area contributed by atoms with Crippen molar-refractivity contribution in [1.82, 2.24) is 30.7 Å². The van der Waals surface area contributed by atoms with Crippen molar-refractivity contribution in [1.29, 1.82) is 0 Å². The standard InChI is InChI=1S/C16H18N6O3/c23-14(8-12-15(24)20-16(25)19-12)17-9-13-21-18-10-22(13)7-6-11-4-2-1-3-5-11/h1-5,10,12H,6-9H2,(H,17,23)(H2,19,20,24,25)/t12-/m0/s1. The van der Waals surface area contributed by atoms with Gasteiger partial charge in [-0.1, -0.05) is 30.3 Å². The largest absolute Gasteiger partial charge is 0.349 e. The van der Waals surface area contributed by atoms with E-state index in [-0.39, 0.29) is 18.9 Å². The molecule has 0 bridgehead atoms. The normalized spacial score (nSPS) is 16.4. The van der Waals surface area contributed by atoms with Crippen LogP contribution in [-0.4, -0.2) is 38.7 Å². The Labute approximate surface area is 143 Å². The van der Waals surface area contributed by atoms with Crippen molar-refractivity contribution in [3.63, 3.8) is 0 Å². The minimum atomic E-state index is -0.830. The van der Waals surface area contributed by atoms with Crippen molar-refractivity contribution < 1.29 is 14.4 Å². The van der Waals surface area contributed by atoms with Gasteiger partial charge in [-0.3, -0.25) is 14.9 Å². The third kappa shape index (κ3) is 4.40. The maximum Gasteiger partial charge on any atom is 0.322 e. The van der Waals surface area contributed by atoms with E-state index < -0.39 is 18.0 Å². The van der Waals surface area contributed by atoms with Crippen molar-refractivity contribution in [3.05, 3.63) is 48.0 Å². The Hall–Kier alpha value is -3.23. The number of nitrogens with one attached hydrogen (secondary N) is 3. The predicted molar refractivity (Wildman–Crippen MR) is 87.1 cm³/mol. The van der Waals surface area contributed by atoms with Gasteiger partial charge in [0.25, 0.3) is 5.91 Å². The molecule has 130 valence electrons.